The Labute approximate surface area is 92.0 Å². The molecule has 1 heterocycles. The van der Waals surface area contributed by atoms with Gasteiger partial charge >= 0.3 is 0 Å². The van der Waals surface area contributed by atoms with Crippen LogP contribution in [-0.4, -0.2) is 4.98 Å². The Hall–Kier alpha value is -1.36. The average molecular weight is 202 g/mol. The SMILES string of the molecule is CCCCc1cncc(C#N)c1C(C)C. The summed E-state index contributed by atoms with van der Waals surface area (Å²) < 4.78 is 0. The van der Waals surface area contributed by atoms with E-state index in [-0.39, 0.29) is 0 Å². The normalized spacial score (nSPS) is 10.3. The summed E-state index contributed by atoms with van der Waals surface area (Å²) in [4.78, 5) is 4.13. The summed E-state index contributed by atoms with van der Waals surface area (Å²) in [5.74, 6) is 0.398. The molecule has 0 N–H and O–H groups in total. The van der Waals surface area contributed by atoms with Crippen molar-refractivity contribution in [3.05, 3.63) is 29.1 Å². The van der Waals surface area contributed by atoms with Crippen LogP contribution in [0.3, 0.4) is 0 Å². The van der Waals surface area contributed by atoms with Crippen LogP contribution in [0.15, 0.2) is 12.4 Å². The number of unbranched alkanes of at least 4 members (excludes halogenated alkanes) is 1. The molecule has 80 valence electrons. The van der Waals surface area contributed by atoms with Crippen molar-refractivity contribution in [1.29, 1.82) is 5.26 Å². The first kappa shape index (κ1) is 11.7. The molecule has 2 nitrogen and oxygen atoms in total. The quantitative estimate of drug-likeness (QED) is 0.750. The molecule has 0 fully saturated rings. The molecule has 0 aromatic carbocycles. The molecule has 0 saturated heterocycles. The number of nitrogens with zero attached hydrogens (tertiary/aromatic N) is 2. The van der Waals surface area contributed by atoms with Gasteiger partial charge in [0.15, 0.2) is 0 Å². The number of aromatic nitrogens is 1. The molecule has 2 heteroatoms. The molecule has 0 radical (unpaired) electrons. The fourth-order valence-electron chi connectivity index (χ4n) is 1.85. The number of pyridine rings is 1. The Morgan fingerprint density at radius 2 is 2.13 bits per heavy atom. The van der Waals surface area contributed by atoms with Crippen LogP contribution in [0.25, 0.3) is 0 Å². The predicted octanol–water partition coefficient (Wildman–Crippen LogP) is 3.42. The second-order valence-electron chi connectivity index (χ2n) is 4.13. The predicted molar refractivity (Wildman–Crippen MR) is 61.7 cm³/mol. The summed E-state index contributed by atoms with van der Waals surface area (Å²) in [5, 5.41) is 9.03. The van der Waals surface area contributed by atoms with Gasteiger partial charge in [-0.25, -0.2) is 0 Å². The molecular formula is C13H18N2. The van der Waals surface area contributed by atoms with E-state index in [1.165, 1.54) is 17.5 Å². The van der Waals surface area contributed by atoms with Crippen molar-refractivity contribution < 1.29 is 0 Å². The van der Waals surface area contributed by atoms with E-state index in [0.29, 0.717) is 5.92 Å². The number of hydrogen-bond donors (Lipinski definition) is 0. The standard InChI is InChI=1S/C13H18N2/c1-4-5-6-11-8-15-9-12(7-14)13(11)10(2)3/h8-10H,4-6H2,1-3H3. The molecule has 0 aliphatic rings. The second kappa shape index (κ2) is 5.50. The van der Waals surface area contributed by atoms with E-state index in [4.69, 9.17) is 5.26 Å². The summed E-state index contributed by atoms with van der Waals surface area (Å²) in [7, 11) is 0. The maximum atomic E-state index is 9.03. The molecule has 0 amide bonds. The van der Waals surface area contributed by atoms with E-state index >= 15 is 0 Å². The van der Waals surface area contributed by atoms with Crippen LogP contribution < -0.4 is 0 Å². The molecule has 0 aliphatic carbocycles. The first-order valence-electron chi connectivity index (χ1n) is 5.57. The molecular weight excluding hydrogens is 184 g/mol. The maximum Gasteiger partial charge on any atom is 0.101 e. The zero-order valence-corrected chi connectivity index (χ0v) is 9.75. The van der Waals surface area contributed by atoms with Gasteiger partial charge in [-0.1, -0.05) is 27.2 Å². The molecule has 0 bridgehead atoms. The third-order valence-corrected chi connectivity index (χ3v) is 2.57. The Balaban J connectivity index is 3.09. The first-order chi connectivity index (χ1) is 7.20. The Kier molecular flexibility index (Phi) is 4.30. The van der Waals surface area contributed by atoms with Crippen molar-refractivity contribution >= 4 is 0 Å². The third-order valence-electron chi connectivity index (χ3n) is 2.57. The summed E-state index contributed by atoms with van der Waals surface area (Å²) >= 11 is 0. The van der Waals surface area contributed by atoms with Gasteiger partial charge in [0.2, 0.25) is 0 Å². The first-order valence-corrected chi connectivity index (χ1v) is 5.57. The van der Waals surface area contributed by atoms with Gasteiger partial charge in [-0.3, -0.25) is 4.98 Å². The fraction of sp³-hybridized carbons (Fsp3) is 0.538. The highest BCUT2D eigenvalue weighted by molar-refractivity contribution is 5.42. The highest BCUT2D eigenvalue weighted by Gasteiger charge is 2.11. The highest BCUT2D eigenvalue weighted by atomic mass is 14.6. The van der Waals surface area contributed by atoms with Gasteiger partial charge in [-0.2, -0.15) is 5.26 Å². The van der Waals surface area contributed by atoms with Gasteiger partial charge in [0, 0.05) is 12.4 Å². The lowest BCUT2D eigenvalue weighted by Gasteiger charge is -2.13. The largest absolute Gasteiger partial charge is 0.263 e. The van der Waals surface area contributed by atoms with Crippen molar-refractivity contribution in [2.24, 2.45) is 0 Å². The van der Waals surface area contributed by atoms with Gasteiger partial charge in [0.1, 0.15) is 6.07 Å². The van der Waals surface area contributed by atoms with Gasteiger partial charge in [0.25, 0.3) is 0 Å². The van der Waals surface area contributed by atoms with Crippen molar-refractivity contribution in [3.63, 3.8) is 0 Å². The lowest BCUT2D eigenvalue weighted by Crippen LogP contribution is -2.01. The van der Waals surface area contributed by atoms with E-state index < -0.39 is 0 Å². The molecule has 0 atom stereocenters. The Morgan fingerprint density at radius 1 is 1.40 bits per heavy atom. The van der Waals surface area contributed by atoms with E-state index in [0.717, 1.165) is 18.4 Å². The van der Waals surface area contributed by atoms with Crippen molar-refractivity contribution in [2.75, 3.05) is 0 Å². The smallest absolute Gasteiger partial charge is 0.101 e. The van der Waals surface area contributed by atoms with Crippen LogP contribution in [-0.2, 0) is 6.42 Å². The lowest BCUT2D eigenvalue weighted by atomic mass is 9.92. The minimum Gasteiger partial charge on any atom is -0.263 e. The molecule has 15 heavy (non-hydrogen) atoms. The minimum absolute atomic E-state index is 0.398. The lowest BCUT2D eigenvalue weighted by molar-refractivity contribution is 0.761. The maximum absolute atomic E-state index is 9.03. The Morgan fingerprint density at radius 3 is 2.67 bits per heavy atom. The average Bonchev–Trinajstić information content (AvgIpc) is 2.25. The van der Waals surface area contributed by atoms with Crippen molar-refractivity contribution in [3.8, 4) is 6.07 Å². The second-order valence-corrected chi connectivity index (χ2v) is 4.13. The van der Waals surface area contributed by atoms with Crippen LogP contribution in [0.2, 0.25) is 0 Å². The molecule has 1 aromatic rings. The fourth-order valence-corrected chi connectivity index (χ4v) is 1.85. The summed E-state index contributed by atoms with van der Waals surface area (Å²) in [5.41, 5.74) is 3.16. The topological polar surface area (TPSA) is 36.7 Å². The zero-order chi connectivity index (χ0) is 11.3. The molecule has 0 saturated carbocycles. The molecule has 1 aromatic heterocycles. The third kappa shape index (κ3) is 2.79. The number of aryl methyl sites for hydroxylation is 1. The number of rotatable bonds is 4. The van der Waals surface area contributed by atoms with Gasteiger partial charge in [-0.05, 0) is 29.9 Å². The monoisotopic (exact) mass is 202 g/mol. The van der Waals surface area contributed by atoms with E-state index in [1.54, 1.807) is 6.20 Å². The van der Waals surface area contributed by atoms with Crippen LogP contribution in [0.5, 0.6) is 0 Å². The van der Waals surface area contributed by atoms with Crippen LogP contribution >= 0.6 is 0 Å². The van der Waals surface area contributed by atoms with Gasteiger partial charge in [-0.15, -0.1) is 0 Å². The summed E-state index contributed by atoms with van der Waals surface area (Å²) in [6.45, 7) is 6.44. The Bertz CT molecular complexity index is 361. The summed E-state index contributed by atoms with van der Waals surface area (Å²) in [6.07, 6.45) is 6.95. The van der Waals surface area contributed by atoms with Crippen molar-refractivity contribution in [2.45, 2.75) is 46.0 Å². The van der Waals surface area contributed by atoms with Crippen LogP contribution in [0, 0.1) is 11.3 Å². The van der Waals surface area contributed by atoms with Gasteiger partial charge < -0.3 is 0 Å². The number of hydrogen-bond acceptors (Lipinski definition) is 2. The molecule has 0 unspecified atom stereocenters. The minimum atomic E-state index is 0.398. The number of nitriles is 1. The van der Waals surface area contributed by atoms with Gasteiger partial charge in [0.05, 0.1) is 5.56 Å². The van der Waals surface area contributed by atoms with E-state index in [2.05, 4.69) is 31.8 Å². The molecule has 0 spiro atoms. The molecule has 0 aliphatic heterocycles. The van der Waals surface area contributed by atoms with E-state index in [9.17, 15) is 0 Å². The van der Waals surface area contributed by atoms with Crippen LogP contribution in [0.1, 0.15) is 56.2 Å². The van der Waals surface area contributed by atoms with Crippen molar-refractivity contribution in [1.82, 2.24) is 4.98 Å². The molecule has 1 rings (SSSR count). The van der Waals surface area contributed by atoms with Crippen LogP contribution in [0.4, 0.5) is 0 Å². The summed E-state index contributed by atoms with van der Waals surface area (Å²) in [6, 6.07) is 2.23. The van der Waals surface area contributed by atoms with E-state index in [1.807, 2.05) is 6.20 Å². The zero-order valence-electron chi connectivity index (χ0n) is 9.75. The highest BCUT2D eigenvalue weighted by Crippen LogP contribution is 2.23.